The lowest BCUT2D eigenvalue weighted by Crippen LogP contribution is -2.46. The predicted molar refractivity (Wildman–Crippen MR) is 101 cm³/mol. The van der Waals surface area contributed by atoms with Crippen LogP contribution < -0.4 is 5.32 Å². The van der Waals surface area contributed by atoms with Gasteiger partial charge in [-0.25, -0.2) is 4.39 Å². The lowest BCUT2D eigenvalue weighted by Gasteiger charge is -2.34. The van der Waals surface area contributed by atoms with E-state index in [1.165, 1.54) is 17.7 Å². The zero-order valence-electron chi connectivity index (χ0n) is 15.0. The van der Waals surface area contributed by atoms with E-state index in [2.05, 4.69) is 39.4 Å². The number of carbonyl (C=O) groups is 1. The van der Waals surface area contributed by atoms with Crippen LogP contribution in [0.4, 0.5) is 4.39 Å². The summed E-state index contributed by atoms with van der Waals surface area (Å²) in [6, 6.07) is 16.8. The van der Waals surface area contributed by atoms with Crippen LogP contribution in [-0.4, -0.2) is 48.4 Å². The van der Waals surface area contributed by atoms with Crippen molar-refractivity contribution in [3.8, 4) is 0 Å². The third-order valence-corrected chi connectivity index (χ3v) is 4.77. The normalized spacial score (nSPS) is 15.7. The minimum absolute atomic E-state index is 0.0426. The number of amides is 1. The van der Waals surface area contributed by atoms with Gasteiger partial charge in [-0.2, -0.15) is 0 Å². The monoisotopic (exact) mass is 355 g/mol. The lowest BCUT2D eigenvalue weighted by atomic mass is 10.2. The molecule has 0 atom stereocenters. The average Bonchev–Trinajstić information content (AvgIpc) is 2.68. The van der Waals surface area contributed by atoms with Gasteiger partial charge in [-0.15, -0.1) is 0 Å². The molecule has 0 unspecified atom stereocenters. The highest BCUT2D eigenvalue weighted by molar-refractivity contribution is 5.76. The molecular formula is C21H26FN3O. The predicted octanol–water partition coefficient (Wildman–Crippen LogP) is 2.65. The molecule has 0 aromatic heterocycles. The van der Waals surface area contributed by atoms with E-state index in [-0.39, 0.29) is 11.7 Å². The minimum Gasteiger partial charge on any atom is -0.352 e. The number of hydrogen-bond donors (Lipinski definition) is 1. The van der Waals surface area contributed by atoms with Crippen molar-refractivity contribution >= 4 is 5.91 Å². The molecule has 1 amide bonds. The van der Waals surface area contributed by atoms with E-state index in [1.807, 2.05) is 6.07 Å². The fourth-order valence-corrected chi connectivity index (χ4v) is 3.16. The van der Waals surface area contributed by atoms with Crippen molar-refractivity contribution in [2.45, 2.75) is 19.5 Å². The van der Waals surface area contributed by atoms with Crippen molar-refractivity contribution in [3.05, 3.63) is 71.5 Å². The number of nitrogens with zero attached hydrogens (tertiary/aromatic N) is 2. The van der Waals surface area contributed by atoms with Crippen molar-refractivity contribution < 1.29 is 9.18 Å². The fraction of sp³-hybridized carbons (Fsp3) is 0.381. The highest BCUT2D eigenvalue weighted by Gasteiger charge is 2.17. The number of carbonyl (C=O) groups excluding carboxylic acids is 1. The van der Waals surface area contributed by atoms with E-state index in [9.17, 15) is 9.18 Å². The molecule has 1 fully saturated rings. The van der Waals surface area contributed by atoms with Crippen molar-refractivity contribution in [2.75, 3.05) is 32.7 Å². The summed E-state index contributed by atoms with van der Waals surface area (Å²) in [6.45, 7) is 6.29. The minimum atomic E-state index is -0.258. The van der Waals surface area contributed by atoms with Crippen LogP contribution in [0.5, 0.6) is 0 Å². The Balaban J connectivity index is 1.32. The molecule has 1 N–H and O–H groups in total. The molecule has 3 rings (SSSR count). The van der Waals surface area contributed by atoms with Crippen LogP contribution in [0.15, 0.2) is 54.6 Å². The number of piperazine rings is 1. The largest absolute Gasteiger partial charge is 0.352 e. The second kappa shape index (κ2) is 9.46. The third kappa shape index (κ3) is 5.93. The molecule has 0 spiro atoms. The van der Waals surface area contributed by atoms with Gasteiger partial charge in [0, 0.05) is 52.2 Å². The van der Waals surface area contributed by atoms with Crippen LogP contribution in [0.1, 0.15) is 17.5 Å². The van der Waals surface area contributed by atoms with Crippen LogP contribution in [0.3, 0.4) is 0 Å². The lowest BCUT2D eigenvalue weighted by molar-refractivity contribution is -0.121. The summed E-state index contributed by atoms with van der Waals surface area (Å²) >= 11 is 0. The van der Waals surface area contributed by atoms with Crippen LogP contribution >= 0.6 is 0 Å². The first kappa shape index (κ1) is 18.5. The molecule has 26 heavy (non-hydrogen) atoms. The highest BCUT2D eigenvalue weighted by atomic mass is 19.1. The summed E-state index contributed by atoms with van der Waals surface area (Å²) in [5.41, 5.74) is 2.26. The quantitative estimate of drug-likeness (QED) is 0.829. The topological polar surface area (TPSA) is 35.6 Å². The Bertz CT molecular complexity index is 682. The molecule has 1 heterocycles. The number of halogens is 1. The molecule has 4 nitrogen and oxygen atoms in total. The van der Waals surface area contributed by atoms with E-state index in [1.54, 1.807) is 12.1 Å². The van der Waals surface area contributed by atoms with Gasteiger partial charge in [-0.1, -0.05) is 42.5 Å². The number of nitrogens with one attached hydrogen (secondary N) is 1. The van der Waals surface area contributed by atoms with E-state index in [0.29, 0.717) is 13.0 Å². The number of hydrogen-bond acceptors (Lipinski definition) is 3. The van der Waals surface area contributed by atoms with Crippen molar-refractivity contribution in [3.63, 3.8) is 0 Å². The van der Waals surface area contributed by atoms with Gasteiger partial charge < -0.3 is 10.2 Å². The zero-order valence-corrected chi connectivity index (χ0v) is 15.0. The Morgan fingerprint density at radius 2 is 1.54 bits per heavy atom. The van der Waals surface area contributed by atoms with Crippen molar-refractivity contribution in [1.82, 2.24) is 15.1 Å². The van der Waals surface area contributed by atoms with Gasteiger partial charge in [0.15, 0.2) is 0 Å². The van der Waals surface area contributed by atoms with E-state index < -0.39 is 0 Å². The van der Waals surface area contributed by atoms with Gasteiger partial charge in [-0.05, 0) is 23.3 Å². The van der Waals surface area contributed by atoms with Gasteiger partial charge >= 0.3 is 0 Å². The highest BCUT2D eigenvalue weighted by Crippen LogP contribution is 2.09. The van der Waals surface area contributed by atoms with Crippen molar-refractivity contribution in [2.24, 2.45) is 0 Å². The van der Waals surface area contributed by atoms with Gasteiger partial charge in [0.25, 0.3) is 0 Å². The smallest absolute Gasteiger partial charge is 0.221 e. The maximum Gasteiger partial charge on any atom is 0.221 e. The maximum absolute atomic E-state index is 12.9. The molecular weight excluding hydrogens is 329 g/mol. The number of benzene rings is 2. The molecule has 0 saturated carbocycles. The third-order valence-electron chi connectivity index (χ3n) is 4.77. The molecule has 2 aromatic rings. The van der Waals surface area contributed by atoms with Gasteiger partial charge in [0.1, 0.15) is 5.82 Å². The Morgan fingerprint density at radius 1 is 0.885 bits per heavy atom. The van der Waals surface area contributed by atoms with Crippen molar-refractivity contribution in [1.29, 1.82) is 0 Å². The van der Waals surface area contributed by atoms with E-state index in [0.717, 1.165) is 44.8 Å². The molecule has 0 radical (unpaired) electrons. The summed E-state index contributed by atoms with van der Waals surface area (Å²) in [5, 5.41) is 2.90. The summed E-state index contributed by atoms with van der Waals surface area (Å²) < 4.78 is 12.9. The summed E-state index contributed by atoms with van der Waals surface area (Å²) in [5.74, 6) is -0.215. The number of rotatable bonds is 7. The Morgan fingerprint density at radius 3 is 2.23 bits per heavy atom. The maximum atomic E-state index is 12.9. The molecule has 1 saturated heterocycles. The first-order valence-corrected chi connectivity index (χ1v) is 9.19. The first-order chi connectivity index (χ1) is 12.7. The average molecular weight is 355 g/mol. The first-order valence-electron chi connectivity index (χ1n) is 9.19. The van der Waals surface area contributed by atoms with Crippen LogP contribution in [0.2, 0.25) is 0 Å². The van der Waals surface area contributed by atoms with Gasteiger partial charge in [0.05, 0.1) is 0 Å². The van der Waals surface area contributed by atoms with Gasteiger partial charge in [-0.3, -0.25) is 9.69 Å². The van der Waals surface area contributed by atoms with Gasteiger partial charge in [0.2, 0.25) is 5.91 Å². The molecule has 0 aliphatic carbocycles. The van der Waals surface area contributed by atoms with Crippen LogP contribution in [0, 0.1) is 5.82 Å². The second-order valence-corrected chi connectivity index (χ2v) is 6.76. The SMILES string of the molecule is O=C(CCN1CCN(Cc2ccccc2)CC1)NCc1ccc(F)cc1. The standard InChI is InChI=1S/C21H26FN3O/c22-20-8-6-18(7-9-20)16-23-21(26)10-11-24-12-14-25(15-13-24)17-19-4-2-1-3-5-19/h1-9H,10-17H2,(H,23,26). The van der Waals surface area contributed by atoms with Crippen LogP contribution in [-0.2, 0) is 17.9 Å². The zero-order chi connectivity index (χ0) is 18.2. The second-order valence-electron chi connectivity index (χ2n) is 6.76. The van der Waals surface area contributed by atoms with E-state index >= 15 is 0 Å². The molecule has 1 aliphatic heterocycles. The molecule has 138 valence electrons. The Kier molecular flexibility index (Phi) is 6.75. The fourth-order valence-electron chi connectivity index (χ4n) is 3.16. The summed E-state index contributed by atoms with van der Waals surface area (Å²) in [6.07, 6.45) is 0.500. The molecule has 0 bridgehead atoms. The summed E-state index contributed by atoms with van der Waals surface area (Å²) in [4.78, 5) is 16.8. The Labute approximate surface area is 154 Å². The van der Waals surface area contributed by atoms with E-state index in [4.69, 9.17) is 0 Å². The molecule has 5 heteroatoms. The Hall–Kier alpha value is -2.24. The molecule has 2 aromatic carbocycles. The van der Waals surface area contributed by atoms with Crippen LogP contribution in [0.25, 0.3) is 0 Å². The molecule has 1 aliphatic rings. The summed E-state index contributed by atoms with van der Waals surface area (Å²) in [7, 11) is 0.